The summed E-state index contributed by atoms with van der Waals surface area (Å²) in [5.41, 5.74) is 0.189. The molecule has 0 unspecified atom stereocenters. The van der Waals surface area contributed by atoms with E-state index >= 15 is 0 Å². The van der Waals surface area contributed by atoms with E-state index < -0.39 is 5.97 Å². The van der Waals surface area contributed by atoms with Gasteiger partial charge in [0.2, 0.25) is 0 Å². The third kappa shape index (κ3) is 6.28. The number of carbonyl (C=O) groups is 2. The Morgan fingerprint density at radius 3 is 2.58 bits per heavy atom. The maximum atomic E-state index is 12.1. The predicted octanol–water partition coefficient (Wildman–Crippen LogP) is 3.21. The monoisotopic (exact) mass is 357 g/mol. The van der Waals surface area contributed by atoms with Crippen LogP contribution in [-0.2, 0) is 9.53 Å². The SMILES string of the molecule is CCCCNC(=O)COC(=O)c1cc(Cl)c(OC(C)C)c(OC)c1. The highest BCUT2D eigenvalue weighted by atomic mass is 35.5. The van der Waals surface area contributed by atoms with Crippen LogP contribution in [0.5, 0.6) is 11.5 Å². The van der Waals surface area contributed by atoms with Crippen molar-refractivity contribution in [2.45, 2.75) is 39.7 Å². The van der Waals surface area contributed by atoms with E-state index in [1.807, 2.05) is 20.8 Å². The van der Waals surface area contributed by atoms with Gasteiger partial charge in [0, 0.05) is 6.54 Å². The van der Waals surface area contributed by atoms with E-state index in [0.717, 1.165) is 12.8 Å². The van der Waals surface area contributed by atoms with Crippen molar-refractivity contribution >= 4 is 23.5 Å². The van der Waals surface area contributed by atoms with E-state index in [2.05, 4.69) is 5.32 Å². The molecule has 134 valence electrons. The number of hydrogen-bond acceptors (Lipinski definition) is 5. The van der Waals surface area contributed by atoms with Crippen molar-refractivity contribution < 1.29 is 23.8 Å². The van der Waals surface area contributed by atoms with E-state index in [1.165, 1.54) is 19.2 Å². The lowest BCUT2D eigenvalue weighted by atomic mass is 10.2. The molecule has 7 heteroatoms. The first-order valence-electron chi connectivity index (χ1n) is 7.87. The molecule has 0 atom stereocenters. The highest BCUT2D eigenvalue weighted by Gasteiger charge is 2.18. The second-order valence-corrected chi connectivity index (χ2v) is 5.84. The zero-order valence-electron chi connectivity index (χ0n) is 14.5. The highest BCUT2D eigenvalue weighted by Crippen LogP contribution is 2.37. The Morgan fingerprint density at radius 2 is 2.00 bits per heavy atom. The number of ether oxygens (including phenoxy) is 3. The Kier molecular flexibility index (Phi) is 8.40. The minimum Gasteiger partial charge on any atom is -0.493 e. The van der Waals surface area contributed by atoms with Gasteiger partial charge in [-0.25, -0.2) is 4.79 Å². The summed E-state index contributed by atoms with van der Waals surface area (Å²) in [6.07, 6.45) is 1.76. The van der Waals surface area contributed by atoms with Gasteiger partial charge >= 0.3 is 5.97 Å². The second kappa shape index (κ2) is 10.0. The van der Waals surface area contributed by atoms with Gasteiger partial charge in [-0.2, -0.15) is 0 Å². The van der Waals surface area contributed by atoms with Crippen molar-refractivity contribution in [3.8, 4) is 11.5 Å². The normalized spacial score (nSPS) is 10.4. The second-order valence-electron chi connectivity index (χ2n) is 5.44. The summed E-state index contributed by atoms with van der Waals surface area (Å²) >= 11 is 6.16. The summed E-state index contributed by atoms with van der Waals surface area (Å²) in [6.45, 7) is 5.96. The summed E-state index contributed by atoms with van der Waals surface area (Å²) < 4.78 is 15.8. The van der Waals surface area contributed by atoms with E-state index in [0.29, 0.717) is 18.0 Å². The average Bonchev–Trinajstić information content (AvgIpc) is 2.54. The fourth-order valence-corrected chi connectivity index (χ4v) is 2.11. The molecule has 0 saturated heterocycles. The largest absolute Gasteiger partial charge is 0.493 e. The van der Waals surface area contributed by atoms with Crippen molar-refractivity contribution in [3.63, 3.8) is 0 Å². The van der Waals surface area contributed by atoms with E-state index in [9.17, 15) is 9.59 Å². The lowest BCUT2D eigenvalue weighted by molar-refractivity contribution is -0.124. The number of amides is 1. The van der Waals surface area contributed by atoms with E-state index in [1.54, 1.807) is 0 Å². The molecular weight excluding hydrogens is 334 g/mol. The molecule has 1 aromatic carbocycles. The lowest BCUT2D eigenvalue weighted by Crippen LogP contribution is -2.29. The standard InChI is InChI=1S/C17H24ClNO5/c1-5-6-7-19-15(20)10-23-17(21)12-8-13(18)16(24-11(2)3)14(9-12)22-4/h8-9,11H,5-7,10H2,1-4H3,(H,19,20). The van der Waals surface area contributed by atoms with Crippen LogP contribution >= 0.6 is 11.6 Å². The molecule has 0 aliphatic rings. The Balaban J connectivity index is 2.74. The quantitative estimate of drug-likeness (QED) is 0.542. The number of carbonyl (C=O) groups excluding carboxylic acids is 2. The number of rotatable bonds is 9. The highest BCUT2D eigenvalue weighted by molar-refractivity contribution is 6.32. The first-order chi connectivity index (χ1) is 11.4. The summed E-state index contributed by atoms with van der Waals surface area (Å²) in [4.78, 5) is 23.6. The van der Waals surface area contributed by atoms with Crippen molar-refractivity contribution in [1.82, 2.24) is 5.32 Å². The molecule has 1 amide bonds. The Hall–Kier alpha value is -1.95. The number of halogens is 1. The molecule has 0 aromatic heterocycles. The predicted molar refractivity (Wildman–Crippen MR) is 92.0 cm³/mol. The van der Waals surface area contributed by atoms with Crippen molar-refractivity contribution in [1.29, 1.82) is 0 Å². The van der Waals surface area contributed by atoms with E-state index in [-0.39, 0.29) is 29.2 Å². The molecule has 1 rings (SSSR count). The summed E-state index contributed by atoms with van der Waals surface area (Å²) in [6, 6.07) is 2.90. The van der Waals surface area contributed by atoms with Crippen LogP contribution in [0.25, 0.3) is 0 Å². The minimum absolute atomic E-state index is 0.0963. The van der Waals surface area contributed by atoms with Crippen LogP contribution in [0.2, 0.25) is 5.02 Å². The molecule has 0 aliphatic carbocycles. The minimum atomic E-state index is -0.656. The number of unbranched alkanes of at least 4 members (excludes halogenated alkanes) is 1. The fraction of sp³-hybridized carbons (Fsp3) is 0.529. The van der Waals surface area contributed by atoms with Gasteiger partial charge in [0.1, 0.15) is 0 Å². The lowest BCUT2D eigenvalue weighted by Gasteiger charge is -2.16. The van der Waals surface area contributed by atoms with Gasteiger partial charge in [-0.05, 0) is 32.4 Å². The average molecular weight is 358 g/mol. The van der Waals surface area contributed by atoms with Crippen LogP contribution in [0.1, 0.15) is 44.0 Å². The number of esters is 1. The van der Waals surface area contributed by atoms with Gasteiger partial charge in [-0.1, -0.05) is 24.9 Å². The summed E-state index contributed by atoms with van der Waals surface area (Å²) in [5.74, 6) is -0.301. The third-order valence-electron chi connectivity index (χ3n) is 3.01. The number of hydrogen-bond donors (Lipinski definition) is 1. The van der Waals surface area contributed by atoms with Crippen LogP contribution in [-0.4, -0.2) is 38.2 Å². The van der Waals surface area contributed by atoms with Crippen molar-refractivity contribution in [2.24, 2.45) is 0 Å². The third-order valence-corrected chi connectivity index (χ3v) is 3.29. The van der Waals surface area contributed by atoms with Crippen molar-refractivity contribution in [3.05, 3.63) is 22.7 Å². The summed E-state index contributed by atoms with van der Waals surface area (Å²) in [7, 11) is 1.45. The number of benzene rings is 1. The van der Waals surface area contributed by atoms with Gasteiger partial charge in [0.15, 0.2) is 18.1 Å². The topological polar surface area (TPSA) is 73.9 Å². The number of nitrogens with one attached hydrogen (secondary N) is 1. The first-order valence-corrected chi connectivity index (χ1v) is 8.24. The van der Waals surface area contributed by atoms with Gasteiger partial charge in [0.25, 0.3) is 5.91 Å². The molecule has 1 N–H and O–H groups in total. The molecular formula is C17H24ClNO5. The van der Waals surface area contributed by atoms with Gasteiger partial charge in [-0.3, -0.25) is 4.79 Å². The Bertz CT molecular complexity index is 574. The van der Waals surface area contributed by atoms with Gasteiger partial charge < -0.3 is 19.5 Å². The Morgan fingerprint density at radius 1 is 1.29 bits per heavy atom. The van der Waals surface area contributed by atoms with Crippen LogP contribution < -0.4 is 14.8 Å². The maximum absolute atomic E-state index is 12.1. The molecule has 0 heterocycles. The first kappa shape index (κ1) is 20.1. The van der Waals surface area contributed by atoms with Crippen LogP contribution in [0.15, 0.2) is 12.1 Å². The molecule has 0 spiro atoms. The molecule has 24 heavy (non-hydrogen) atoms. The molecule has 0 saturated carbocycles. The molecule has 0 aliphatic heterocycles. The van der Waals surface area contributed by atoms with Gasteiger partial charge in [-0.15, -0.1) is 0 Å². The molecule has 0 fully saturated rings. The van der Waals surface area contributed by atoms with Crippen molar-refractivity contribution in [2.75, 3.05) is 20.3 Å². The zero-order chi connectivity index (χ0) is 18.1. The van der Waals surface area contributed by atoms with Crippen LogP contribution in [0, 0.1) is 0 Å². The van der Waals surface area contributed by atoms with E-state index in [4.69, 9.17) is 25.8 Å². The van der Waals surface area contributed by atoms with Crippen LogP contribution in [0.4, 0.5) is 0 Å². The zero-order valence-corrected chi connectivity index (χ0v) is 15.2. The maximum Gasteiger partial charge on any atom is 0.338 e. The molecule has 0 bridgehead atoms. The molecule has 6 nitrogen and oxygen atoms in total. The summed E-state index contributed by atoms with van der Waals surface area (Å²) in [5, 5.41) is 2.91. The van der Waals surface area contributed by atoms with Gasteiger partial charge in [0.05, 0.1) is 23.8 Å². The Labute approximate surface area is 147 Å². The molecule has 0 radical (unpaired) electrons. The fourth-order valence-electron chi connectivity index (χ4n) is 1.86. The smallest absolute Gasteiger partial charge is 0.338 e. The number of methoxy groups -OCH3 is 1. The van der Waals surface area contributed by atoms with Crippen LogP contribution in [0.3, 0.4) is 0 Å². The molecule has 1 aromatic rings.